The van der Waals surface area contributed by atoms with Crippen molar-refractivity contribution in [3.63, 3.8) is 0 Å². The van der Waals surface area contributed by atoms with Crippen LogP contribution in [0.25, 0.3) is 5.52 Å². The average Bonchev–Trinajstić information content (AvgIpc) is 2.74. The van der Waals surface area contributed by atoms with Gasteiger partial charge in [-0.1, -0.05) is 19.3 Å². The lowest BCUT2D eigenvalue weighted by Gasteiger charge is -2.20. The summed E-state index contributed by atoms with van der Waals surface area (Å²) in [6.07, 6.45) is 14.3. The lowest BCUT2D eigenvalue weighted by atomic mass is 9.89. The van der Waals surface area contributed by atoms with Crippen LogP contribution in [0.4, 0.5) is 0 Å². The van der Waals surface area contributed by atoms with Gasteiger partial charge >= 0.3 is 0 Å². The van der Waals surface area contributed by atoms with Gasteiger partial charge in [-0.2, -0.15) is 0 Å². The van der Waals surface area contributed by atoms with Crippen LogP contribution < -0.4 is 0 Å². The van der Waals surface area contributed by atoms with Crippen LogP contribution in [-0.2, 0) is 0 Å². The highest BCUT2D eigenvalue weighted by Crippen LogP contribution is 2.31. The van der Waals surface area contributed by atoms with Gasteiger partial charge in [-0.3, -0.25) is 4.98 Å². The van der Waals surface area contributed by atoms with Crippen LogP contribution in [0, 0.1) is 0 Å². The first-order chi connectivity index (χ1) is 7.45. The number of fused-ring (bicyclic) bond motifs is 1. The number of rotatable bonds is 1. The summed E-state index contributed by atoms with van der Waals surface area (Å²) >= 11 is 0. The maximum atomic E-state index is 4.54. The molecule has 0 aliphatic heterocycles. The van der Waals surface area contributed by atoms with Crippen LogP contribution in [0.2, 0.25) is 0 Å². The number of hydrogen-bond donors (Lipinski definition) is 0. The summed E-state index contributed by atoms with van der Waals surface area (Å²) in [6, 6.07) is 0. The van der Waals surface area contributed by atoms with E-state index < -0.39 is 0 Å². The van der Waals surface area contributed by atoms with Gasteiger partial charge in [0.15, 0.2) is 0 Å². The number of aromatic nitrogens is 3. The van der Waals surface area contributed by atoms with E-state index in [-0.39, 0.29) is 0 Å². The Labute approximate surface area is 89.2 Å². The molecular formula is C12H15N3. The summed E-state index contributed by atoms with van der Waals surface area (Å²) in [6.45, 7) is 0. The van der Waals surface area contributed by atoms with E-state index >= 15 is 0 Å². The van der Waals surface area contributed by atoms with Gasteiger partial charge < -0.3 is 4.40 Å². The van der Waals surface area contributed by atoms with E-state index in [0.29, 0.717) is 5.92 Å². The summed E-state index contributed by atoms with van der Waals surface area (Å²) in [5.41, 5.74) is 1.11. The lowest BCUT2D eigenvalue weighted by molar-refractivity contribution is 0.427. The Morgan fingerprint density at radius 3 is 2.87 bits per heavy atom. The minimum absolute atomic E-state index is 0.656. The lowest BCUT2D eigenvalue weighted by Crippen LogP contribution is -2.08. The van der Waals surface area contributed by atoms with Crippen molar-refractivity contribution < 1.29 is 0 Å². The van der Waals surface area contributed by atoms with Gasteiger partial charge in [0.1, 0.15) is 5.82 Å². The minimum atomic E-state index is 0.656. The smallest absolute Gasteiger partial charge is 0.116 e. The van der Waals surface area contributed by atoms with Crippen molar-refractivity contribution in [1.29, 1.82) is 0 Å². The first-order valence-corrected chi connectivity index (χ1v) is 5.72. The predicted octanol–water partition coefficient (Wildman–Crippen LogP) is 2.78. The largest absolute Gasteiger partial charge is 0.300 e. The Morgan fingerprint density at radius 2 is 2.00 bits per heavy atom. The quantitative estimate of drug-likeness (QED) is 0.710. The molecule has 2 heterocycles. The molecule has 0 aromatic carbocycles. The molecule has 0 atom stereocenters. The monoisotopic (exact) mass is 201 g/mol. The molecule has 1 aliphatic rings. The summed E-state index contributed by atoms with van der Waals surface area (Å²) in [4.78, 5) is 8.65. The number of nitrogens with zero attached hydrogens (tertiary/aromatic N) is 3. The summed E-state index contributed by atoms with van der Waals surface area (Å²) in [7, 11) is 0. The van der Waals surface area contributed by atoms with Crippen molar-refractivity contribution in [2.24, 2.45) is 0 Å². The molecule has 78 valence electrons. The summed E-state index contributed by atoms with van der Waals surface area (Å²) < 4.78 is 2.18. The molecule has 3 rings (SSSR count). The molecular weight excluding hydrogens is 186 g/mol. The molecule has 0 amide bonds. The molecule has 0 unspecified atom stereocenters. The van der Waals surface area contributed by atoms with Crippen molar-refractivity contribution in [3.8, 4) is 0 Å². The molecule has 0 bridgehead atoms. The van der Waals surface area contributed by atoms with E-state index in [2.05, 4.69) is 14.4 Å². The first-order valence-electron chi connectivity index (χ1n) is 5.72. The van der Waals surface area contributed by atoms with Crippen LogP contribution in [0.15, 0.2) is 24.8 Å². The molecule has 15 heavy (non-hydrogen) atoms. The van der Waals surface area contributed by atoms with E-state index in [9.17, 15) is 0 Å². The maximum absolute atomic E-state index is 4.54. The van der Waals surface area contributed by atoms with E-state index in [1.54, 1.807) is 0 Å². The van der Waals surface area contributed by atoms with Gasteiger partial charge in [-0.15, -0.1) is 0 Å². The molecule has 2 aromatic heterocycles. The van der Waals surface area contributed by atoms with Crippen LogP contribution >= 0.6 is 0 Å². The van der Waals surface area contributed by atoms with Gasteiger partial charge in [-0.05, 0) is 12.8 Å². The van der Waals surface area contributed by atoms with Gasteiger partial charge in [-0.25, -0.2) is 4.98 Å². The third kappa shape index (κ3) is 1.52. The molecule has 2 aromatic rings. The Morgan fingerprint density at radius 1 is 1.13 bits per heavy atom. The van der Waals surface area contributed by atoms with Crippen LogP contribution in [-0.4, -0.2) is 14.4 Å². The predicted molar refractivity (Wildman–Crippen MR) is 58.8 cm³/mol. The zero-order valence-electron chi connectivity index (χ0n) is 8.76. The first kappa shape index (κ1) is 8.89. The standard InChI is InChI=1S/C12H15N3/c1-2-4-10(5-3-1)12-14-9-11-8-13-6-7-15(11)12/h6-10H,1-5H2. The van der Waals surface area contributed by atoms with E-state index in [1.807, 2.05) is 24.8 Å². The van der Waals surface area contributed by atoms with Crippen LogP contribution in [0.1, 0.15) is 43.8 Å². The van der Waals surface area contributed by atoms with Crippen LogP contribution in [0.5, 0.6) is 0 Å². The van der Waals surface area contributed by atoms with Crippen LogP contribution in [0.3, 0.4) is 0 Å². The summed E-state index contributed by atoms with van der Waals surface area (Å²) in [5.74, 6) is 1.88. The second kappa shape index (κ2) is 3.65. The topological polar surface area (TPSA) is 30.2 Å². The molecule has 0 N–H and O–H groups in total. The molecule has 0 spiro atoms. The third-order valence-electron chi connectivity index (χ3n) is 3.33. The highest BCUT2D eigenvalue weighted by atomic mass is 15.0. The van der Waals surface area contributed by atoms with Gasteiger partial charge in [0.2, 0.25) is 0 Å². The Kier molecular flexibility index (Phi) is 2.16. The highest BCUT2D eigenvalue weighted by molar-refractivity contribution is 5.43. The molecule has 3 nitrogen and oxygen atoms in total. The van der Waals surface area contributed by atoms with E-state index in [1.165, 1.54) is 37.9 Å². The average molecular weight is 201 g/mol. The van der Waals surface area contributed by atoms with Gasteiger partial charge in [0.05, 0.1) is 17.9 Å². The van der Waals surface area contributed by atoms with Crippen molar-refractivity contribution in [2.45, 2.75) is 38.0 Å². The zero-order valence-corrected chi connectivity index (χ0v) is 8.76. The summed E-state index contributed by atoms with van der Waals surface area (Å²) in [5, 5.41) is 0. The van der Waals surface area contributed by atoms with E-state index in [0.717, 1.165) is 5.52 Å². The Hall–Kier alpha value is -1.38. The fourth-order valence-corrected chi connectivity index (χ4v) is 2.53. The SMILES string of the molecule is c1cn2c(C3CCCCC3)ncc2cn1. The third-order valence-corrected chi connectivity index (χ3v) is 3.33. The second-order valence-corrected chi connectivity index (χ2v) is 4.32. The van der Waals surface area contributed by atoms with Crippen molar-refractivity contribution in [2.75, 3.05) is 0 Å². The molecule has 3 heteroatoms. The van der Waals surface area contributed by atoms with Gasteiger partial charge in [0.25, 0.3) is 0 Å². The zero-order chi connectivity index (χ0) is 10.1. The Balaban J connectivity index is 2.02. The van der Waals surface area contributed by atoms with Crippen molar-refractivity contribution >= 4 is 5.52 Å². The molecule has 1 fully saturated rings. The van der Waals surface area contributed by atoms with Crippen molar-refractivity contribution in [3.05, 3.63) is 30.6 Å². The Bertz CT molecular complexity index is 455. The fourth-order valence-electron chi connectivity index (χ4n) is 2.53. The maximum Gasteiger partial charge on any atom is 0.116 e. The molecule has 0 saturated heterocycles. The molecule has 1 saturated carbocycles. The number of imidazole rings is 1. The second-order valence-electron chi connectivity index (χ2n) is 4.32. The van der Waals surface area contributed by atoms with E-state index in [4.69, 9.17) is 0 Å². The highest BCUT2D eigenvalue weighted by Gasteiger charge is 2.19. The normalized spacial score (nSPS) is 18.4. The minimum Gasteiger partial charge on any atom is -0.300 e. The number of hydrogen-bond acceptors (Lipinski definition) is 2. The van der Waals surface area contributed by atoms with Crippen molar-refractivity contribution in [1.82, 2.24) is 14.4 Å². The molecule has 0 radical (unpaired) electrons. The molecule has 1 aliphatic carbocycles. The van der Waals surface area contributed by atoms with Gasteiger partial charge in [0, 0.05) is 18.3 Å². The fraction of sp³-hybridized carbons (Fsp3) is 0.500.